The number of aliphatic hydroxyl groups is 1. The third kappa shape index (κ3) is 5.74. The molecule has 1 amide bonds. The Morgan fingerprint density at radius 1 is 1.06 bits per heavy atom. The summed E-state index contributed by atoms with van der Waals surface area (Å²) in [4.78, 5) is 23.2. The minimum absolute atomic E-state index is 0.148. The van der Waals surface area contributed by atoms with Crippen molar-refractivity contribution in [1.82, 2.24) is 0 Å². The zero-order valence-electron chi connectivity index (χ0n) is 16.3. The number of nitrogens with one attached hydrogen (secondary N) is 1. The highest BCUT2D eigenvalue weighted by molar-refractivity contribution is 6.30. The van der Waals surface area contributed by atoms with Crippen LogP contribution in [0, 0.1) is 17.0 Å². The van der Waals surface area contributed by atoms with E-state index < -0.39 is 16.6 Å². The van der Waals surface area contributed by atoms with Gasteiger partial charge in [0.1, 0.15) is 0 Å². The predicted octanol–water partition coefficient (Wildman–Crippen LogP) is 6.21. The van der Waals surface area contributed by atoms with Crippen molar-refractivity contribution in [3.05, 3.63) is 105 Å². The highest BCUT2D eigenvalue weighted by Crippen LogP contribution is 2.24. The standard InChI is InChI=1S/C22H17ClN4O4/c1-14-3-2-4-18(13-14)24-22(29)20(26-25-17-9-7-16(23)8-10-17)21(28)15-5-11-19(12-6-15)27(30)31/h2-13,28H,1H3,(H,24,29)/b21-20-,26-25?. The molecule has 0 aromatic heterocycles. The average Bonchev–Trinajstić information content (AvgIpc) is 2.75. The van der Waals surface area contributed by atoms with E-state index in [9.17, 15) is 20.0 Å². The molecule has 0 saturated carbocycles. The van der Waals surface area contributed by atoms with Crippen molar-refractivity contribution < 1.29 is 14.8 Å². The van der Waals surface area contributed by atoms with Gasteiger partial charge in [-0.3, -0.25) is 14.9 Å². The summed E-state index contributed by atoms with van der Waals surface area (Å²) >= 11 is 5.86. The second kappa shape index (κ2) is 9.64. The molecule has 31 heavy (non-hydrogen) atoms. The minimum atomic E-state index is -0.695. The third-order valence-electron chi connectivity index (χ3n) is 4.16. The van der Waals surface area contributed by atoms with Crippen LogP contribution in [0.1, 0.15) is 11.1 Å². The average molecular weight is 437 g/mol. The molecule has 0 radical (unpaired) electrons. The molecule has 0 spiro atoms. The fraction of sp³-hybridized carbons (Fsp3) is 0.0455. The first-order valence-electron chi connectivity index (χ1n) is 9.07. The van der Waals surface area contributed by atoms with E-state index in [1.807, 2.05) is 13.0 Å². The Morgan fingerprint density at radius 3 is 2.35 bits per heavy atom. The number of aryl methyl sites for hydroxylation is 1. The van der Waals surface area contributed by atoms with Crippen LogP contribution in [0.2, 0.25) is 5.02 Å². The third-order valence-corrected chi connectivity index (χ3v) is 4.41. The number of rotatable bonds is 6. The molecule has 0 atom stereocenters. The summed E-state index contributed by atoms with van der Waals surface area (Å²) in [5.74, 6) is -1.17. The van der Waals surface area contributed by atoms with Crippen molar-refractivity contribution in [1.29, 1.82) is 0 Å². The van der Waals surface area contributed by atoms with Gasteiger partial charge in [-0.2, -0.15) is 5.11 Å². The molecule has 2 N–H and O–H groups in total. The lowest BCUT2D eigenvalue weighted by Gasteiger charge is -2.08. The number of anilines is 1. The van der Waals surface area contributed by atoms with Crippen LogP contribution in [0.3, 0.4) is 0 Å². The van der Waals surface area contributed by atoms with Gasteiger partial charge in [-0.25, -0.2) is 0 Å². The number of amides is 1. The van der Waals surface area contributed by atoms with E-state index in [0.717, 1.165) is 5.56 Å². The van der Waals surface area contributed by atoms with E-state index in [0.29, 0.717) is 16.4 Å². The Bertz CT molecular complexity index is 1170. The van der Waals surface area contributed by atoms with Gasteiger partial charge in [0.2, 0.25) is 0 Å². The first-order chi connectivity index (χ1) is 14.8. The van der Waals surface area contributed by atoms with Gasteiger partial charge in [-0.05, 0) is 61.0 Å². The molecule has 0 aliphatic heterocycles. The summed E-state index contributed by atoms with van der Waals surface area (Å²) in [5, 5.41) is 32.7. The van der Waals surface area contributed by atoms with Crippen LogP contribution in [0.4, 0.5) is 17.1 Å². The van der Waals surface area contributed by atoms with Crippen LogP contribution in [0.25, 0.3) is 5.76 Å². The van der Waals surface area contributed by atoms with Crippen LogP contribution < -0.4 is 5.32 Å². The van der Waals surface area contributed by atoms with Crippen LogP contribution in [-0.2, 0) is 4.79 Å². The Balaban J connectivity index is 1.99. The number of nitro groups is 1. The molecule has 8 nitrogen and oxygen atoms in total. The second-order valence-corrected chi connectivity index (χ2v) is 6.94. The highest BCUT2D eigenvalue weighted by atomic mass is 35.5. The summed E-state index contributed by atoms with van der Waals surface area (Å²) < 4.78 is 0. The number of benzene rings is 3. The van der Waals surface area contributed by atoms with Gasteiger partial charge >= 0.3 is 0 Å². The number of aliphatic hydroxyl groups excluding tert-OH is 1. The molecule has 3 aromatic carbocycles. The molecule has 0 aliphatic rings. The fourth-order valence-corrected chi connectivity index (χ4v) is 2.73. The van der Waals surface area contributed by atoms with Gasteiger partial charge in [-0.1, -0.05) is 23.7 Å². The van der Waals surface area contributed by atoms with E-state index in [4.69, 9.17) is 11.6 Å². The van der Waals surface area contributed by atoms with Crippen molar-refractivity contribution in [3.63, 3.8) is 0 Å². The fourth-order valence-electron chi connectivity index (χ4n) is 2.61. The Kier molecular flexibility index (Phi) is 6.74. The number of halogens is 1. The van der Waals surface area contributed by atoms with Crippen LogP contribution in [0.5, 0.6) is 0 Å². The smallest absolute Gasteiger partial charge is 0.280 e. The van der Waals surface area contributed by atoms with Gasteiger partial charge in [0, 0.05) is 28.4 Å². The molecule has 3 rings (SSSR count). The number of non-ortho nitro benzene ring substituents is 1. The maximum Gasteiger partial charge on any atom is 0.280 e. The first kappa shape index (κ1) is 21.7. The normalized spacial score (nSPS) is 11.8. The summed E-state index contributed by atoms with van der Waals surface area (Å²) in [6, 6.07) is 18.6. The van der Waals surface area contributed by atoms with Crippen LogP contribution in [-0.4, -0.2) is 15.9 Å². The number of hydrogen-bond acceptors (Lipinski definition) is 6. The lowest BCUT2D eigenvalue weighted by atomic mass is 10.1. The first-order valence-corrected chi connectivity index (χ1v) is 9.44. The molecule has 9 heteroatoms. The number of nitro benzene ring substituents is 1. The van der Waals surface area contributed by atoms with E-state index in [-0.39, 0.29) is 16.9 Å². The molecule has 3 aromatic rings. The monoisotopic (exact) mass is 436 g/mol. The maximum absolute atomic E-state index is 12.9. The molecule has 0 heterocycles. The van der Waals surface area contributed by atoms with Gasteiger partial charge in [0.05, 0.1) is 10.6 Å². The molecule has 0 saturated heterocycles. The zero-order chi connectivity index (χ0) is 22.4. The quantitative estimate of drug-likeness (QED) is 0.157. The number of carbonyl (C=O) groups is 1. The van der Waals surface area contributed by atoms with Gasteiger partial charge < -0.3 is 10.4 Å². The van der Waals surface area contributed by atoms with Crippen molar-refractivity contribution in [2.24, 2.45) is 10.2 Å². The summed E-state index contributed by atoms with van der Waals surface area (Å²) in [5.41, 5.74) is 1.54. The van der Waals surface area contributed by atoms with Crippen molar-refractivity contribution in [3.8, 4) is 0 Å². The van der Waals surface area contributed by atoms with Crippen molar-refractivity contribution >= 4 is 40.3 Å². The van der Waals surface area contributed by atoms with E-state index in [2.05, 4.69) is 15.5 Å². The summed E-state index contributed by atoms with van der Waals surface area (Å²) in [7, 11) is 0. The lowest BCUT2D eigenvalue weighted by molar-refractivity contribution is -0.384. The molecule has 0 bridgehead atoms. The van der Waals surface area contributed by atoms with Crippen LogP contribution >= 0.6 is 11.6 Å². The van der Waals surface area contributed by atoms with Crippen molar-refractivity contribution in [2.45, 2.75) is 6.92 Å². The molecule has 0 fully saturated rings. The highest BCUT2D eigenvalue weighted by Gasteiger charge is 2.18. The Hall–Kier alpha value is -4.04. The molecule has 156 valence electrons. The second-order valence-electron chi connectivity index (χ2n) is 6.50. The summed E-state index contributed by atoms with van der Waals surface area (Å²) in [6.07, 6.45) is 0. The Labute approximate surface area is 182 Å². The molecular weight excluding hydrogens is 420 g/mol. The van der Waals surface area contributed by atoms with Gasteiger partial charge in [-0.15, -0.1) is 5.11 Å². The SMILES string of the molecule is Cc1cccc(NC(=O)/C(N=Nc2ccc(Cl)cc2)=C(/O)c2ccc([N+](=O)[O-])cc2)c1. The zero-order valence-corrected chi connectivity index (χ0v) is 17.1. The van der Waals surface area contributed by atoms with E-state index in [1.165, 1.54) is 24.3 Å². The van der Waals surface area contributed by atoms with Gasteiger partial charge in [0.25, 0.3) is 11.6 Å². The van der Waals surface area contributed by atoms with Crippen molar-refractivity contribution in [2.75, 3.05) is 5.32 Å². The van der Waals surface area contributed by atoms with E-state index in [1.54, 1.807) is 42.5 Å². The lowest BCUT2D eigenvalue weighted by Crippen LogP contribution is -2.15. The molecular formula is C22H17ClN4O4. The number of hydrogen-bond donors (Lipinski definition) is 2. The van der Waals surface area contributed by atoms with Crippen LogP contribution in [0.15, 0.2) is 88.7 Å². The largest absolute Gasteiger partial charge is 0.505 e. The van der Waals surface area contributed by atoms with Gasteiger partial charge in [0.15, 0.2) is 11.5 Å². The predicted molar refractivity (Wildman–Crippen MR) is 118 cm³/mol. The number of nitrogens with zero attached hydrogens (tertiary/aromatic N) is 3. The number of carbonyl (C=O) groups excluding carboxylic acids is 1. The minimum Gasteiger partial charge on any atom is -0.505 e. The Morgan fingerprint density at radius 2 is 1.74 bits per heavy atom. The number of azo groups is 1. The molecule has 0 unspecified atom stereocenters. The summed E-state index contributed by atoms with van der Waals surface area (Å²) in [6.45, 7) is 1.88. The topological polar surface area (TPSA) is 117 Å². The maximum atomic E-state index is 12.9. The molecule has 0 aliphatic carbocycles. The van der Waals surface area contributed by atoms with E-state index >= 15 is 0 Å².